The summed E-state index contributed by atoms with van der Waals surface area (Å²) in [6.07, 6.45) is 3.49. The fourth-order valence-corrected chi connectivity index (χ4v) is 0.102. The maximum atomic E-state index is 2.21. The predicted octanol–water partition coefficient (Wildman–Crippen LogP) is 0.688. The van der Waals surface area contributed by atoms with Crippen molar-refractivity contribution in [3.8, 4) is 0 Å². The Morgan fingerprint density at radius 1 is 1.80 bits per heavy atom. The third kappa shape index (κ3) is 2.54. The summed E-state index contributed by atoms with van der Waals surface area (Å²) in [5.41, 5.74) is 1.54. The van der Waals surface area contributed by atoms with E-state index >= 15 is 0 Å². The van der Waals surface area contributed by atoms with Gasteiger partial charge < -0.3 is 0 Å². The Morgan fingerprint density at radius 2 is 2.00 bits per heavy atom. The molecule has 1 aliphatic carbocycles. The number of rotatable bonds is 0. The van der Waals surface area contributed by atoms with Crippen molar-refractivity contribution in [3.05, 3.63) is 11.6 Å². The summed E-state index contributed by atoms with van der Waals surface area (Å²) in [5.74, 6) is 0. The first kappa shape index (κ1) is 5.74. The van der Waals surface area contributed by atoms with Crippen molar-refractivity contribution in [1.29, 1.82) is 0 Å². The van der Waals surface area contributed by atoms with E-state index in [0.717, 1.165) is 0 Å². The van der Waals surface area contributed by atoms with Crippen molar-refractivity contribution >= 4 is 29.6 Å². The molecule has 0 fully saturated rings. The summed E-state index contributed by atoms with van der Waals surface area (Å²) in [4.78, 5) is 0. The van der Waals surface area contributed by atoms with Gasteiger partial charge in [0.25, 0.3) is 0 Å². The fraction of sp³-hybridized carbons (Fsp3) is 0.500. The van der Waals surface area contributed by atoms with Gasteiger partial charge in [-0.25, -0.2) is 0 Å². The van der Waals surface area contributed by atoms with Crippen molar-refractivity contribution in [1.82, 2.24) is 0 Å². The van der Waals surface area contributed by atoms with Gasteiger partial charge in [0.15, 0.2) is 0 Å². The monoisotopic (exact) mass is 78.0 g/mol. The Kier molecular flexibility index (Phi) is 2.31. The summed E-state index contributed by atoms with van der Waals surface area (Å²) in [7, 11) is 0. The summed E-state index contributed by atoms with van der Waals surface area (Å²) in [6, 6.07) is 0. The quantitative estimate of drug-likeness (QED) is 0.295. The van der Waals surface area contributed by atoms with Crippen molar-refractivity contribution in [2.75, 3.05) is 0 Å². The average Bonchev–Trinajstić information content (AvgIpc) is 1.75. The maximum absolute atomic E-state index is 2.21. The number of hydrogen-bond acceptors (Lipinski definition) is 0. The Hall–Kier alpha value is 0.740. The molecule has 0 N–H and O–H groups in total. The van der Waals surface area contributed by atoms with Gasteiger partial charge in [-0.05, 0) is 13.3 Å². The molecule has 5 heavy (non-hydrogen) atoms. The normalized spacial score (nSPS) is 15.8. The molecule has 1 rings (SSSR count). The second kappa shape index (κ2) is 2.01. The van der Waals surface area contributed by atoms with Crippen molar-refractivity contribution in [2.45, 2.75) is 13.3 Å². The first-order valence-electron chi connectivity index (χ1n) is 1.55. The van der Waals surface area contributed by atoms with Gasteiger partial charge in [-0.3, -0.25) is 0 Å². The molecule has 0 spiro atoms. The third-order valence-corrected chi connectivity index (χ3v) is 0.612. The predicted molar refractivity (Wildman–Crippen MR) is 25.5 cm³/mol. The molecule has 24 valence electrons. The van der Waals surface area contributed by atoms with Gasteiger partial charge in [-0.1, -0.05) is 11.6 Å². The van der Waals surface area contributed by atoms with Gasteiger partial charge >= 0.3 is 29.6 Å². The molecule has 0 unspecified atom stereocenters. The van der Waals surface area contributed by atoms with Crippen LogP contribution in [0.3, 0.4) is 0 Å². The van der Waals surface area contributed by atoms with Crippen LogP contribution >= 0.6 is 0 Å². The molecule has 1 aliphatic rings. The van der Waals surface area contributed by atoms with E-state index in [1.54, 1.807) is 5.57 Å². The molecule has 0 bridgehead atoms. The van der Waals surface area contributed by atoms with Crippen LogP contribution < -0.4 is 0 Å². The first-order valence-corrected chi connectivity index (χ1v) is 1.55. The molecule has 0 heterocycles. The van der Waals surface area contributed by atoms with E-state index < -0.39 is 0 Å². The minimum absolute atomic E-state index is 0. The van der Waals surface area contributed by atoms with E-state index in [0.29, 0.717) is 0 Å². The molecular weight excluding hydrogens is 71.0 g/mol. The van der Waals surface area contributed by atoms with Crippen LogP contribution in [0.4, 0.5) is 0 Å². The molecule has 0 aromatic carbocycles. The van der Waals surface area contributed by atoms with Crippen LogP contribution in [0, 0.1) is 0 Å². The summed E-state index contributed by atoms with van der Waals surface area (Å²) in [6.45, 7) is 2.14. The zero-order chi connectivity index (χ0) is 2.99. The Bertz CT molecular complexity index is 54.7. The molecule has 0 atom stereocenters. The van der Waals surface area contributed by atoms with Crippen molar-refractivity contribution in [2.24, 2.45) is 0 Å². The first-order chi connectivity index (χ1) is 1.89. The Morgan fingerprint density at radius 3 is 2.00 bits per heavy atom. The fourth-order valence-electron chi connectivity index (χ4n) is 0.102. The standard InChI is InChI=1S/C4H6.Na.H/c1-4-2-3-4;;/h2H,3H2,1H3;;. The van der Waals surface area contributed by atoms with E-state index in [2.05, 4.69) is 13.0 Å². The van der Waals surface area contributed by atoms with Gasteiger partial charge in [0, 0.05) is 0 Å². The zero-order valence-electron chi connectivity index (χ0n) is 2.78. The SMILES string of the molecule is CC1=CC1.[NaH]. The van der Waals surface area contributed by atoms with Gasteiger partial charge in [-0.15, -0.1) is 0 Å². The molecule has 0 aromatic rings. The second-order valence-corrected chi connectivity index (χ2v) is 1.25. The minimum atomic E-state index is 0. The molecular formula is C4H7Na. The van der Waals surface area contributed by atoms with E-state index in [-0.39, 0.29) is 29.6 Å². The molecule has 0 amide bonds. The Labute approximate surface area is 54.6 Å². The van der Waals surface area contributed by atoms with E-state index in [4.69, 9.17) is 0 Å². The van der Waals surface area contributed by atoms with Crippen LogP contribution in [-0.2, 0) is 0 Å². The van der Waals surface area contributed by atoms with Gasteiger partial charge in [0.2, 0.25) is 0 Å². The van der Waals surface area contributed by atoms with Crippen LogP contribution in [0.5, 0.6) is 0 Å². The van der Waals surface area contributed by atoms with Crippen LogP contribution in [0.25, 0.3) is 0 Å². The van der Waals surface area contributed by atoms with E-state index in [9.17, 15) is 0 Å². The van der Waals surface area contributed by atoms with Crippen LogP contribution in [0.15, 0.2) is 11.6 Å². The molecule has 0 radical (unpaired) electrons. The van der Waals surface area contributed by atoms with Gasteiger partial charge in [-0.2, -0.15) is 0 Å². The van der Waals surface area contributed by atoms with Crippen LogP contribution in [0.2, 0.25) is 0 Å². The summed E-state index contributed by atoms with van der Waals surface area (Å²) >= 11 is 0. The summed E-state index contributed by atoms with van der Waals surface area (Å²) < 4.78 is 0. The van der Waals surface area contributed by atoms with Crippen LogP contribution in [-0.4, -0.2) is 29.6 Å². The van der Waals surface area contributed by atoms with E-state index in [1.807, 2.05) is 0 Å². The molecule has 0 aromatic heterocycles. The molecule has 0 saturated carbocycles. The Balaban J connectivity index is 0.000000160. The zero-order valence-corrected chi connectivity index (χ0v) is 2.78. The molecule has 0 saturated heterocycles. The molecule has 0 aliphatic heterocycles. The number of allylic oxidation sites excluding steroid dienone is 2. The van der Waals surface area contributed by atoms with Crippen molar-refractivity contribution < 1.29 is 0 Å². The van der Waals surface area contributed by atoms with Crippen LogP contribution in [0.1, 0.15) is 13.3 Å². The average molecular weight is 78.1 g/mol. The van der Waals surface area contributed by atoms with E-state index in [1.165, 1.54) is 6.42 Å². The number of hydrogen-bond donors (Lipinski definition) is 0. The van der Waals surface area contributed by atoms with Crippen molar-refractivity contribution in [3.63, 3.8) is 0 Å². The van der Waals surface area contributed by atoms with Gasteiger partial charge in [0.05, 0.1) is 0 Å². The second-order valence-electron chi connectivity index (χ2n) is 1.25. The summed E-state index contributed by atoms with van der Waals surface area (Å²) in [5, 5.41) is 0. The third-order valence-electron chi connectivity index (χ3n) is 0.612. The molecule has 1 heteroatoms. The topological polar surface area (TPSA) is 0 Å². The van der Waals surface area contributed by atoms with Gasteiger partial charge in [0.1, 0.15) is 0 Å². The molecule has 0 nitrogen and oxygen atoms in total.